The van der Waals surface area contributed by atoms with Crippen molar-refractivity contribution in [3.63, 3.8) is 0 Å². The van der Waals surface area contributed by atoms with Gasteiger partial charge in [0.15, 0.2) is 0 Å². The Bertz CT molecular complexity index is 644. The summed E-state index contributed by atoms with van der Waals surface area (Å²) in [5.74, 6) is -0.804. The van der Waals surface area contributed by atoms with Gasteiger partial charge in [-0.05, 0) is 37.6 Å². The van der Waals surface area contributed by atoms with E-state index in [-0.39, 0.29) is 17.2 Å². The van der Waals surface area contributed by atoms with Gasteiger partial charge in [0.1, 0.15) is 23.0 Å². The van der Waals surface area contributed by atoms with Gasteiger partial charge in [-0.2, -0.15) is 0 Å². The molecule has 1 aromatic heterocycles. The van der Waals surface area contributed by atoms with Gasteiger partial charge in [0.2, 0.25) is 0 Å². The third-order valence-corrected chi connectivity index (χ3v) is 2.56. The summed E-state index contributed by atoms with van der Waals surface area (Å²) in [5, 5.41) is 11.9. The lowest BCUT2D eigenvalue weighted by Crippen LogP contribution is -2.07. The van der Waals surface area contributed by atoms with Gasteiger partial charge in [0.25, 0.3) is 0 Å². The molecule has 0 saturated carbocycles. The van der Waals surface area contributed by atoms with Crippen LogP contribution < -0.4 is 5.32 Å². The van der Waals surface area contributed by atoms with Crippen LogP contribution in [0.5, 0.6) is 0 Å². The van der Waals surface area contributed by atoms with Crippen LogP contribution in [-0.4, -0.2) is 21.0 Å². The minimum absolute atomic E-state index is 0.0346. The molecule has 0 bridgehead atoms. The molecule has 1 heterocycles. The lowest BCUT2D eigenvalue weighted by molar-refractivity contribution is 0.0697. The Morgan fingerprint density at radius 2 is 2.11 bits per heavy atom. The smallest absolute Gasteiger partial charge is 0.341 e. The number of aromatic carboxylic acids is 1. The topological polar surface area (TPSA) is 75.1 Å². The fraction of sp³-hybridized carbons (Fsp3) is 0.154. The van der Waals surface area contributed by atoms with Crippen molar-refractivity contribution >= 4 is 17.5 Å². The number of hydrogen-bond donors (Lipinski definition) is 2. The molecule has 0 spiro atoms. The van der Waals surface area contributed by atoms with Crippen molar-refractivity contribution in [3.05, 3.63) is 47.2 Å². The highest BCUT2D eigenvalue weighted by Gasteiger charge is 2.13. The Hall–Kier alpha value is -2.50. The molecule has 2 rings (SSSR count). The van der Waals surface area contributed by atoms with Crippen LogP contribution >= 0.6 is 0 Å². The van der Waals surface area contributed by atoms with Crippen molar-refractivity contribution in [3.8, 4) is 0 Å². The normalized spacial score (nSPS) is 10.3. The molecule has 5 nitrogen and oxygen atoms in total. The van der Waals surface area contributed by atoms with E-state index in [2.05, 4.69) is 15.3 Å². The lowest BCUT2D eigenvalue weighted by atomic mass is 10.2. The second-order valence-corrected chi connectivity index (χ2v) is 4.07. The molecule has 2 N–H and O–H groups in total. The number of halogens is 1. The minimum Gasteiger partial charge on any atom is -0.477 e. The fourth-order valence-electron chi connectivity index (χ4n) is 1.58. The third-order valence-electron chi connectivity index (χ3n) is 2.56. The first-order valence-electron chi connectivity index (χ1n) is 5.57. The van der Waals surface area contributed by atoms with E-state index in [1.807, 2.05) is 0 Å². The molecule has 0 fully saturated rings. The van der Waals surface area contributed by atoms with Gasteiger partial charge in [-0.3, -0.25) is 0 Å². The Morgan fingerprint density at radius 1 is 1.37 bits per heavy atom. The molecule has 0 unspecified atom stereocenters. The molecule has 1 aromatic carbocycles. The molecular weight excluding hydrogens is 249 g/mol. The predicted octanol–water partition coefficient (Wildman–Crippen LogP) is 2.67. The summed E-state index contributed by atoms with van der Waals surface area (Å²) in [7, 11) is 0. The first kappa shape index (κ1) is 12.9. The maximum Gasteiger partial charge on any atom is 0.341 e. The number of benzene rings is 1. The highest BCUT2D eigenvalue weighted by Crippen LogP contribution is 2.20. The molecule has 0 amide bonds. The van der Waals surface area contributed by atoms with E-state index in [0.29, 0.717) is 17.1 Å². The summed E-state index contributed by atoms with van der Waals surface area (Å²) in [4.78, 5) is 19.0. The zero-order chi connectivity index (χ0) is 14.0. The predicted molar refractivity (Wildman–Crippen MR) is 68.1 cm³/mol. The van der Waals surface area contributed by atoms with E-state index in [0.717, 1.165) is 0 Å². The molecular formula is C13H12FN3O2. The fourth-order valence-corrected chi connectivity index (χ4v) is 1.58. The zero-order valence-electron chi connectivity index (χ0n) is 10.4. The number of aromatic nitrogens is 2. The van der Waals surface area contributed by atoms with Crippen LogP contribution in [0.25, 0.3) is 0 Å². The number of carboxylic acid groups (broad SMARTS) is 1. The van der Waals surface area contributed by atoms with Crippen LogP contribution in [0.15, 0.2) is 24.4 Å². The largest absolute Gasteiger partial charge is 0.477 e. The number of anilines is 2. The molecule has 0 aliphatic rings. The number of nitrogens with one attached hydrogen (secondary N) is 1. The minimum atomic E-state index is -1.12. The van der Waals surface area contributed by atoms with Gasteiger partial charge < -0.3 is 10.4 Å². The molecule has 0 atom stereocenters. The van der Waals surface area contributed by atoms with Crippen LogP contribution in [0, 0.1) is 19.7 Å². The molecule has 0 aliphatic carbocycles. The Kier molecular flexibility index (Phi) is 3.41. The number of carbonyl (C=O) groups is 1. The molecule has 0 aliphatic heterocycles. The van der Waals surface area contributed by atoms with Gasteiger partial charge in [-0.25, -0.2) is 19.2 Å². The van der Waals surface area contributed by atoms with Gasteiger partial charge in [-0.1, -0.05) is 0 Å². The van der Waals surface area contributed by atoms with E-state index >= 15 is 0 Å². The van der Waals surface area contributed by atoms with Crippen LogP contribution in [0.4, 0.5) is 15.9 Å². The Balaban J connectivity index is 2.39. The number of carboxylic acids is 1. The van der Waals surface area contributed by atoms with Crippen molar-refractivity contribution in [2.24, 2.45) is 0 Å². The number of hydrogen-bond acceptors (Lipinski definition) is 4. The Labute approximate surface area is 109 Å². The Morgan fingerprint density at radius 3 is 2.74 bits per heavy atom. The van der Waals surface area contributed by atoms with Gasteiger partial charge in [0.05, 0.1) is 0 Å². The average molecular weight is 261 g/mol. The first-order chi connectivity index (χ1) is 8.97. The molecule has 0 radical (unpaired) electrons. The lowest BCUT2D eigenvalue weighted by Gasteiger charge is -2.09. The van der Waals surface area contributed by atoms with E-state index in [9.17, 15) is 9.18 Å². The number of aryl methyl sites for hydroxylation is 2. The summed E-state index contributed by atoms with van der Waals surface area (Å²) < 4.78 is 13.2. The molecule has 98 valence electrons. The van der Waals surface area contributed by atoms with Crippen molar-refractivity contribution in [2.75, 3.05) is 5.32 Å². The zero-order valence-corrected chi connectivity index (χ0v) is 10.4. The summed E-state index contributed by atoms with van der Waals surface area (Å²) in [6.07, 6.45) is 1.24. The summed E-state index contributed by atoms with van der Waals surface area (Å²) in [5.41, 5.74) is 1.000. The average Bonchev–Trinajstić information content (AvgIpc) is 2.33. The van der Waals surface area contributed by atoms with Gasteiger partial charge in [0, 0.05) is 11.9 Å². The monoisotopic (exact) mass is 261 g/mol. The van der Waals surface area contributed by atoms with E-state index in [1.54, 1.807) is 19.9 Å². The molecule has 19 heavy (non-hydrogen) atoms. The summed E-state index contributed by atoms with van der Waals surface area (Å²) >= 11 is 0. The van der Waals surface area contributed by atoms with Crippen molar-refractivity contribution < 1.29 is 14.3 Å². The highest BCUT2D eigenvalue weighted by molar-refractivity contribution is 5.93. The molecule has 0 saturated heterocycles. The summed E-state index contributed by atoms with van der Waals surface area (Å²) in [6.45, 7) is 3.29. The van der Waals surface area contributed by atoms with Crippen LogP contribution in [0.1, 0.15) is 21.7 Å². The van der Waals surface area contributed by atoms with Gasteiger partial charge >= 0.3 is 5.97 Å². The SMILES string of the molecule is Cc1ncc(C(=O)O)c(Nc2ccc(F)c(C)c2)n1. The van der Waals surface area contributed by atoms with E-state index in [4.69, 9.17) is 5.11 Å². The second-order valence-electron chi connectivity index (χ2n) is 4.07. The molecule has 6 heteroatoms. The van der Waals surface area contributed by atoms with Crippen molar-refractivity contribution in [1.82, 2.24) is 9.97 Å². The van der Waals surface area contributed by atoms with Crippen LogP contribution in [0.2, 0.25) is 0 Å². The maximum atomic E-state index is 13.2. The first-order valence-corrected chi connectivity index (χ1v) is 5.57. The van der Waals surface area contributed by atoms with Gasteiger partial charge in [-0.15, -0.1) is 0 Å². The van der Waals surface area contributed by atoms with Crippen molar-refractivity contribution in [2.45, 2.75) is 13.8 Å². The van der Waals surface area contributed by atoms with Crippen LogP contribution in [0.3, 0.4) is 0 Å². The quantitative estimate of drug-likeness (QED) is 0.888. The third kappa shape index (κ3) is 2.85. The van der Waals surface area contributed by atoms with Crippen molar-refractivity contribution in [1.29, 1.82) is 0 Å². The summed E-state index contributed by atoms with van der Waals surface area (Å²) in [6, 6.07) is 4.41. The maximum absolute atomic E-state index is 13.2. The van der Waals surface area contributed by atoms with Crippen LogP contribution in [-0.2, 0) is 0 Å². The van der Waals surface area contributed by atoms with E-state index in [1.165, 1.54) is 18.3 Å². The second kappa shape index (κ2) is 5.01. The van der Waals surface area contributed by atoms with E-state index < -0.39 is 5.97 Å². The molecule has 2 aromatic rings. The standard InChI is InChI=1S/C13H12FN3O2/c1-7-5-9(3-4-11(7)14)17-12-10(13(18)19)6-15-8(2)16-12/h3-6H,1-2H3,(H,18,19)(H,15,16,17). The number of rotatable bonds is 3. The highest BCUT2D eigenvalue weighted by atomic mass is 19.1. The number of nitrogens with zero attached hydrogens (tertiary/aromatic N) is 2.